The summed E-state index contributed by atoms with van der Waals surface area (Å²) in [6.07, 6.45) is 43.1. The van der Waals surface area contributed by atoms with Crippen LogP contribution in [-0.4, -0.2) is 74.9 Å². The molecule has 0 aliphatic heterocycles. The molecule has 0 radical (unpaired) electrons. The summed E-state index contributed by atoms with van der Waals surface area (Å²) >= 11 is 0. The number of esters is 2. The molecule has 1 N–H and O–H groups in total. The topological polar surface area (TPSA) is 108 Å². The molecule has 0 aromatic carbocycles. The van der Waals surface area contributed by atoms with E-state index in [-0.39, 0.29) is 32.0 Å². The van der Waals surface area contributed by atoms with Crippen LogP contribution in [0.15, 0.2) is 48.6 Å². The first-order valence-electron chi connectivity index (χ1n) is 21.9. The molecule has 0 aromatic heterocycles. The van der Waals surface area contributed by atoms with Gasteiger partial charge in [0.1, 0.15) is 19.8 Å². The molecule has 0 spiro atoms. The van der Waals surface area contributed by atoms with Crippen LogP contribution in [0, 0.1) is 0 Å². The monoisotopic (exact) mass is 797 g/mol. The SMILES string of the molecule is CCC/C=C\CCCCCCCC(=O)OCC(COP(=O)(O)OCC[N+](C)(C)C)OC(=O)CCCCCCCC/C=C\C/C=C\C/C=C\CCCCCCC. The highest BCUT2D eigenvalue weighted by Crippen LogP contribution is 2.43. The van der Waals surface area contributed by atoms with Crippen LogP contribution < -0.4 is 0 Å². The maximum atomic E-state index is 12.7. The summed E-state index contributed by atoms with van der Waals surface area (Å²) in [6.45, 7) is 4.31. The Hall–Kier alpha value is -2.03. The molecule has 320 valence electrons. The number of rotatable bonds is 39. The predicted octanol–water partition coefficient (Wildman–Crippen LogP) is 12.3. The van der Waals surface area contributed by atoms with E-state index in [1.165, 1.54) is 44.9 Å². The molecule has 55 heavy (non-hydrogen) atoms. The number of ether oxygens (including phenoxy) is 2. The Bertz CT molecular complexity index is 1080. The van der Waals surface area contributed by atoms with E-state index in [9.17, 15) is 19.0 Å². The maximum Gasteiger partial charge on any atom is 0.472 e. The molecular weight excluding hydrogens is 713 g/mol. The molecule has 0 aliphatic rings. The Labute approximate surface area is 337 Å². The van der Waals surface area contributed by atoms with Crippen LogP contribution in [0.3, 0.4) is 0 Å². The van der Waals surface area contributed by atoms with Crippen molar-refractivity contribution in [2.24, 2.45) is 0 Å². The van der Waals surface area contributed by atoms with Gasteiger partial charge in [-0.25, -0.2) is 4.57 Å². The third-order valence-electron chi connectivity index (χ3n) is 9.06. The fourth-order valence-corrected chi connectivity index (χ4v) is 6.35. The van der Waals surface area contributed by atoms with Crippen molar-refractivity contribution in [3.8, 4) is 0 Å². The van der Waals surface area contributed by atoms with E-state index in [2.05, 4.69) is 62.5 Å². The Morgan fingerprint density at radius 1 is 0.564 bits per heavy atom. The quantitative estimate of drug-likeness (QED) is 0.0215. The minimum absolute atomic E-state index is 0.0260. The van der Waals surface area contributed by atoms with Crippen molar-refractivity contribution in [2.75, 3.05) is 47.5 Å². The first-order valence-corrected chi connectivity index (χ1v) is 23.4. The Morgan fingerprint density at radius 3 is 1.55 bits per heavy atom. The number of quaternary nitrogens is 1. The zero-order valence-electron chi connectivity index (χ0n) is 35.9. The largest absolute Gasteiger partial charge is 0.472 e. The molecule has 0 heterocycles. The van der Waals surface area contributed by atoms with E-state index in [0.29, 0.717) is 17.4 Å². The normalized spacial score (nSPS) is 14.1. The summed E-state index contributed by atoms with van der Waals surface area (Å²) < 4.78 is 34.2. The highest BCUT2D eigenvalue weighted by molar-refractivity contribution is 7.47. The van der Waals surface area contributed by atoms with Crippen molar-refractivity contribution in [2.45, 2.75) is 180 Å². The number of hydrogen-bond donors (Lipinski definition) is 1. The Kier molecular flexibility index (Phi) is 36.2. The standard InChI is InChI=1S/C45H82NO8P/c1-6-8-10-12-14-16-18-19-20-21-22-23-24-25-26-27-28-30-32-34-36-38-45(48)54-43(42-53-55(49,50)52-40-39-46(3,4)5)41-51-44(47)37-35-33-31-29-17-15-13-11-9-7-2/h11,13,18-19,21-22,24-25,43H,6-10,12,14-17,20,23,26-42H2,1-5H3/p+1/b13-11-,19-18-,22-21-,25-24-. The number of likely N-dealkylation sites (N-methyl/N-ethyl adjacent to an activating group) is 1. The molecule has 0 aliphatic carbocycles. The molecule has 2 unspecified atom stereocenters. The minimum Gasteiger partial charge on any atom is -0.462 e. The Morgan fingerprint density at radius 2 is 1.02 bits per heavy atom. The minimum atomic E-state index is -4.38. The van der Waals surface area contributed by atoms with Crippen LogP contribution in [-0.2, 0) is 32.7 Å². The average Bonchev–Trinajstić information content (AvgIpc) is 3.13. The van der Waals surface area contributed by atoms with E-state index in [0.717, 1.165) is 96.3 Å². The lowest BCUT2D eigenvalue weighted by molar-refractivity contribution is -0.870. The number of hydrogen-bond acceptors (Lipinski definition) is 7. The molecule has 0 saturated carbocycles. The van der Waals surface area contributed by atoms with Crippen molar-refractivity contribution in [1.29, 1.82) is 0 Å². The number of carbonyl (C=O) groups excluding carboxylic acids is 2. The van der Waals surface area contributed by atoms with Crippen LogP contribution in [0.5, 0.6) is 0 Å². The summed E-state index contributed by atoms with van der Waals surface area (Å²) in [5, 5.41) is 0. The van der Waals surface area contributed by atoms with Gasteiger partial charge in [0.2, 0.25) is 0 Å². The van der Waals surface area contributed by atoms with Gasteiger partial charge in [-0.15, -0.1) is 0 Å². The molecule has 0 bridgehead atoms. The molecule has 9 nitrogen and oxygen atoms in total. The summed E-state index contributed by atoms with van der Waals surface area (Å²) in [5.74, 6) is -0.829. The third-order valence-corrected chi connectivity index (χ3v) is 10.0. The summed E-state index contributed by atoms with van der Waals surface area (Å²) in [5.41, 5.74) is 0. The zero-order valence-corrected chi connectivity index (χ0v) is 36.8. The first kappa shape index (κ1) is 53.0. The van der Waals surface area contributed by atoms with Crippen LogP contribution in [0.25, 0.3) is 0 Å². The number of unbranched alkanes of at least 4 members (excludes halogenated alkanes) is 17. The number of allylic oxidation sites excluding steroid dienone is 8. The van der Waals surface area contributed by atoms with Gasteiger partial charge >= 0.3 is 19.8 Å². The third kappa shape index (κ3) is 41.4. The second-order valence-corrected chi connectivity index (χ2v) is 17.2. The van der Waals surface area contributed by atoms with Gasteiger partial charge in [0.25, 0.3) is 0 Å². The van der Waals surface area contributed by atoms with E-state index in [1.807, 2.05) is 21.1 Å². The number of nitrogens with zero attached hydrogens (tertiary/aromatic N) is 1. The fourth-order valence-electron chi connectivity index (χ4n) is 5.61. The maximum absolute atomic E-state index is 12.7. The van der Waals surface area contributed by atoms with Crippen LogP contribution in [0.4, 0.5) is 0 Å². The number of carbonyl (C=O) groups is 2. The van der Waals surface area contributed by atoms with Crippen molar-refractivity contribution >= 4 is 19.8 Å². The molecule has 0 aromatic rings. The second kappa shape index (κ2) is 37.5. The predicted molar refractivity (Wildman–Crippen MR) is 229 cm³/mol. The highest BCUT2D eigenvalue weighted by Gasteiger charge is 2.27. The van der Waals surface area contributed by atoms with Gasteiger partial charge in [0, 0.05) is 12.8 Å². The summed E-state index contributed by atoms with van der Waals surface area (Å²) in [7, 11) is 1.46. The highest BCUT2D eigenvalue weighted by atomic mass is 31.2. The molecule has 0 saturated heterocycles. The first-order chi connectivity index (χ1) is 26.5. The van der Waals surface area contributed by atoms with E-state index < -0.39 is 26.5 Å². The van der Waals surface area contributed by atoms with Gasteiger partial charge in [-0.3, -0.25) is 18.6 Å². The molecule has 10 heteroatoms. The van der Waals surface area contributed by atoms with Gasteiger partial charge < -0.3 is 18.9 Å². The van der Waals surface area contributed by atoms with E-state index >= 15 is 0 Å². The smallest absolute Gasteiger partial charge is 0.462 e. The molecule has 0 fully saturated rings. The molecule has 0 rings (SSSR count). The van der Waals surface area contributed by atoms with E-state index in [1.54, 1.807) is 0 Å². The van der Waals surface area contributed by atoms with Gasteiger partial charge in [-0.05, 0) is 70.6 Å². The lowest BCUT2D eigenvalue weighted by Gasteiger charge is -2.24. The molecule has 2 atom stereocenters. The van der Waals surface area contributed by atoms with Gasteiger partial charge in [0.05, 0.1) is 27.7 Å². The molecular formula is C45H83NO8P+. The van der Waals surface area contributed by atoms with E-state index in [4.69, 9.17) is 18.5 Å². The van der Waals surface area contributed by atoms with Crippen LogP contribution in [0.1, 0.15) is 174 Å². The van der Waals surface area contributed by atoms with Crippen molar-refractivity contribution in [3.05, 3.63) is 48.6 Å². The Balaban J connectivity index is 4.34. The van der Waals surface area contributed by atoms with Crippen molar-refractivity contribution < 1.29 is 42.1 Å². The zero-order chi connectivity index (χ0) is 40.7. The van der Waals surface area contributed by atoms with Gasteiger partial charge in [-0.2, -0.15) is 0 Å². The van der Waals surface area contributed by atoms with Crippen LogP contribution in [0.2, 0.25) is 0 Å². The average molecular weight is 797 g/mol. The van der Waals surface area contributed by atoms with Crippen LogP contribution >= 0.6 is 7.82 Å². The summed E-state index contributed by atoms with van der Waals surface area (Å²) in [6, 6.07) is 0. The number of phosphoric ester groups is 1. The van der Waals surface area contributed by atoms with Gasteiger partial charge in [-0.1, -0.05) is 140 Å². The lowest BCUT2D eigenvalue weighted by Crippen LogP contribution is -2.37. The van der Waals surface area contributed by atoms with Crippen molar-refractivity contribution in [1.82, 2.24) is 0 Å². The fraction of sp³-hybridized carbons (Fsp3) is 0.778. The lowest BCUT2D eigenvalue weighted by atomic mass is 10.1. The second-order valence-electron chi connectivity index (χ2n) is 15.7. The van der Waals surface area contributed by atoms with Crippen molar-refractivity contribution in [3.63, 3.8) is 0 Å². The summed E-state index contributed by atoms with van der Waals surface area (Å²) in [4.78, 5) is 35.3. The van der Waals surface area contributed by atoms with Gasteiger partial charge in [0.15, 0.2) is 6.10 Å². The number of phosphoric acid groups is 1. The molecule has 0 amide bonds.